The standard InChI is InChI=1S/C16H20N4O3S/c1-3-17-14(21)13-10-24-16(19-13)20-15(22)18-9-8-11-4-6-12(23-2)7-5-11/h4-7,10H,3,8-9H2,1-2H3,(H,17,21)(H2,18,19,20,22). The Bertz CT molecular complexity index is 685. The van der Waals surface area contributed by atoms with Crippen LogP contribution in [0.4, 0.5) is 9.93 Å². The summed E-state index contributed by atoms with van der Waals surface area (Å²) in [5.41, 5.74) is 1.40. The van der Waals surface area contributed by atoms with Crippen LogP contribution in [0.1, 0.15) is 23.0 Å². The Balaban J connectivity index is 1.75. The monoisotopic (exact) mass is 348 g/mol. The van der Waals surface area contributed by atoms with Crippen LogP contribution in [0, 0.1) is 0 Å². The van der Waals surface area contributed by atoms with Gasteiger partial charge in [0.2, 0.25) is 0 Å². The Labute approximate surface area is 144 Å². The summed E-state index contributed by atoms with van der Waals surface area (Å²) in [6.45, 7) is 2.86. The highest BCUT2D eigenvalue weighted by Crippen LogP contribution is 2.15. The first kappa shape index (κ1) is 17.7. The molecule has 1 heterocycles. The first-order valence-corrected chi connectivity index (χ1v) is 8.42. The van der Waals surface area contributed by atoms with Crippen molar-refractivity contribution in [3.8, 4) is 5.75 Å². The van der Waals surface area contributed by atoms with E-state index in [9.17, 15) is 9.59 Å². The highest BCUT2D eigenvalue weighted by atomic mass is 32.1. The van der Waals surface area contributed by atoms with Gasteiger partial charge < -0.3 is 15.4 Å². The molecule has 1 aromatic carbocycles. The maximum atomic E-state index is 11.8. The van der Waals surface area contributed by atoms with Gasteiger partial charge in [0.05, 0.1) is 7.11 Å². The molecular formula is C16H20N4O3S. The Morgan fingerprint density at radius 2 is 1.96 bits per heavy atom. The third-order valence-corrected chi connectivity index (χ3v) is 3.91. The number of nitrogens with one attached hydrogen (secondary N) is 3. The molecule has 0 radical (unpaired) electrons. The average Bonchev–Trinajstić information content (AvgIpc) is 3.04. The van der Waals surface area contributed by atoms with E-state index >= 15 is 0 Å². The molecule has 0 fully saturated rings. The van der Waals surface area contributed by atoms with Crippen LogP contribution in [0.15, 0.2) is 29.6 Å². The molecule has 0 unspecified atom stereocenters. The lowest BCUT2D eigenvalue weighted by Gasteiger charge is -2.06. The molecule has 3 amide bonds. The van der Waals surface area contributed by atoms with Crippen molar-refractivity contribution < 1.29 is 14.3 Å². The number of nitrogens with zero attached hydrogens (tertiary/aromatic N) is 1. The number of ether oxygens (including phenoxy) is 1. The largest absolute Gasteiger partial charge is 0.497 e. The predicted molar refractivity (Wildman–Crippen MR) is 93.8 cm³/mol. The van der Waals surface area contributed by atoms with E-state index in [1.165, 1.54) is 11.3 Å². The number of hydrogen-bond acceptors (Lipinski definition) is 5. The van der Waals surface area contributed by atoms with Crippen molar-refractivity contribution in [3.63, 3.8) is 0 Å². The Kier molecular flexibility index (Phi) is 6.56. The number of urea groups is 1. The molecular weight excluding hydrogens is 328 g/mol. The van der Waals surface area contributed by atoms with Crippen molar-refractivity contribution in [2.75, 3.05) is 25.5 Å². The second-order valence-corrected chi connectivity index (χ2v) is 5.73. The van der Waals surface area contributed by atoms with Crippen LogP contribution in [0.3, 0.4) is 0 Å². The molecule has 0 spiro atoms. The topological polar surface area (TPSA) is 92.4 Å². The summed E-state index contributed by atoms with van der Waals surface area (Å²) in [5.74, 6) is 0.554. The molecule has 0 aliphatic carbocycles. The van der Waals surface area contributed by atoms with E-state index in [1.807, 2.05) is 31.2 Å². The van der Waals surface area contributed by atoms with Gasteiger partial charge in [0.1, 0.15) is 11.4 Å². The van der Waals surface area contributed by atoms with E-state index in [-0.39, 0.29) is 11.9 Å². The summed E-state index contributed by atoms with van der Waals surface area (Å²) >= 11 is 1.21. The van der Waals surface area contributed by atoms with Crippen molar-refractivity contribution in [2.24, 2.45) is 0 Å². The molecule has 0 aliphatic heterocycles. The third-order valence-electron chi connectivity index (χ3n) is 3.15. The molecule has 2 rings (SSSR count). The van der Waals surface area contributed by atoms with Crippen LogP contribution in [0.25, 0.3) is 0 Å². The number of hydrogen-bond donors (Lipinski definition) is 3. The van der Waals surface area contributed by atoms with E-state index in [4.69, 9.17) is 4.74 Å². The molecule has 0 saturated carbocycles. The summed E-state index contributed by atoms with van der Waals surface area (Å²) in [6.07, 6.45) is 0.708. The van der Waals surface area contributed by atoms with E-state index in [1.54, 1.807) is 12.5 Å². The molecule has 8 heteroatoms. The number of amides is 3. The summed E-state index contributed by atoms with van der Waals surface area (Å²) in [6, 6.07) is 7.33. The molecule has 1 aromatic heterocycles. The quantitative estimate of drug-likeness (QED) is 0.716. The minimum atomic E-state index is -0.347. The SMILES string of the molecule is CCNC(=O)c1csc(NC(=O)NCCc2ccc(OC)cc2)n1. The number of carbonyl (C=O) groups excluding carboxylic acids is 2. The van der Waals surface area contributed by atoms with Crippen LogP contribution < -0.4 is 20.7 Å². The van der Waals surface area contributed by atoms with Gasteiger partial charge in [0, 0.05) is 18.5 Å². The van der Waals surface area contributed by atoms with Gasteiger partial charge in [-0.3, -0.25) is 10.1 Å². The maximum Gasteiger partial charge on any atom is 0.321 e. The van der Waals surface area contributed by atoms with Gasteiger partial charge in [-0.05, 0) is 31.0 Å². The number of benzene rings is 1. The molecule has 7 nitrogen and oxygen atoms in total. The first-order valence-electron chi connectivity index (χ1n) is 7.54. The van der Waals surface area contributed by atoms with Gasteiger partial charge >= 0.3 is 6.03 Å². The van der Waals surface area contributed by atoms with Crippen LogP contribution in [-0.2, 0) is 6.42 Å². The van der Waals surface area contributed by atoms with Crippen LogP contribution in [0.5, 0.6) is 5.75 Å². The predicted octanol–water partition coefficient (Wildman–Crippen LogP) is 2.27. The van der Waals surface area contributed by atoms with Crippen LogP contribution in [-0.4, -0.2) is 37.1 Å². The Hall–Kier alpha value is -2.61. The molecule has 0 aliphatic rings. The highest BCUT2D eigenvalue weighted by Gasteiger charge is 2.11. The lowest BCUT2D eigenvalue weighted by Crippen LogP contribution is -2.30. The van der Waals surface area contributed by atoms with Gasteiger partial charge in [0.15, 0.2) is 5.13 Å². The fourth-order valence-electron chi connectivity index (χ4n) is 1.94. The fraction of sp³-hybridized carbons (Fsp3) is 0.312. The maximum absolute atomic E-state index is 11.8. The normalized spacial score (nSPS) is 10.1. The molecule has 0 atom stereocenters. The minimum Gasteiger partial charge on any atom is -0.497 e. The summed E-state index contributed by atoms with van der Waals surface area (Å²) in [4.78, 5) is 27.5. The molecule has 3 N–H and O–H groups in total. The van der Waals surface area contributed by atoms with Crippen molar-refractivity contribution in [3.05, 3.63) is 40.9 Å². The lowest BCUT2D eigenvalue weighted by molar-refractivity contribution is 0.0951. The first-order chi connectivity index (χ1) is 11.6. The molecule has 2 aromatic rings. The zero-order valence-corrected chi connectivity index (χ0v) is 14.4. The lowest BCUT2D eigenvalue weighted by atomic mass is 10.1. The van der Waals surface area contributed by atoms with Crippen molar-refractivity contribution in [1.29, 1.82) is 0 Å². The van der Waals surface area contributed by atoms with Crippen molar-refractivity contribution in [2.45, 2.75) is 13.3 Å². The van der Waals surface area contributed by atoms with Crippen molar-refractivity contribution >= 4 is 28.4 Å². The summed E-state index contributed by atoms with van der Waals surface area (Å²) in [7, 11) is 1.62. The number of aromatic nitrogens is 1. The zero-order valence-electron chi connectivity index (χ0n) is 13.6. The third kappa shape index (κ3) is 5.24. The Morgan fingerprint density at radius 1 is 1.21 bits per heavy atom. The number of thiazole rings is 1. The van der Waals surface area contributed by atoms with Gasteiger partial charge in [-0.1, -0.05) is 12.1 Å². The van der Waals surface area contributed by atoms with E-state index in [0.717, 1.165) is 11.3 Å². The summed E-state index contributed by atoms with van der Waals surface area (Å²) < 4.78 is 5.10. The molecule has 0 bridgehead atoms. The smallest absolute Gasteiger partial charge is 0.321 e. The zero-order chi connectivity index (χ0) is 17.4. The van der Waals surface area contributed by atoms with Gasteiger partial charge in [-0.25, -0.2) is 9.78 Å². The van der Waals surface area contributed by atoms with Crippen LogP contribution in [0.2, 0.25) is 0 Å². The number of methoxy groups -OCH3 is 1. The number of anilines is 1. The fourth-order valence-corrected chi connectivity index (χ4v) is 2.63. The van der Waals surface area contributed by atoms with Gasteiger partial charge in [-0.2, -0.15) is 0 Å². The number of rotatable bonds is 7. The van der Waals surface area contributed by atoms with Gasteiger partial charge in [-0.15, -0.1) is 11.3 Å². The van der Waals surface area contributed by atoms with Gasteiger partial charge in [0.25, 0.3) is 5.91 Å². The minimum absolute atomic E-state index is 0.248. The van der Waals surface area contributed by atoms with Crippen molar-refractivity contribution in [1.82, 2.24) is 15.6 Å². The highest BCUT2D eigenvalue weighted by molar-refractivity contribution is 7.14. The number of carbonyl (C=O) groups is 2. The molecule has 0 saturated heterocycles. The Morgan fingerprint density at radius 3 is 2.62 bits per heavy atom. The second-order valence-electron chi connectivity index (χ2n) is 4.88. The van der Waals surface area contributed by atoms with E-state index < -0.39 is 0 Å². The van der Waals surface area contributed by atoms with Crippen LogP contribution >= 0.6 is 11.3 Å². The average molecular weight is 348 g/mol. The van der Waals surface area contributed by atoms with E-state index in [2.05, 4.69) is 20.9 Å². The molecule has 128 valence electrons. The summed E-state index contributed by atoms with van der Waals surface area (Å²) in [5, 5.41) is 10.0. The second kappa shape index (κ2) is 8.88. The van der Waals surface area contributed by atoms with E-state index in [0.29, 0.717) is 30.3 Å². The molecule has 24 heavy (non-hydrogen) atoms.